The van der Waals surface area contributed by atoms with Crippen molar-refractivity contribution >= 4 is 5.95 Å². The van der Waals surface area contributed by atoms with Crippen molar-refractivity contribution < 1.29 is 4.74 Å². The molecule has 0 aromatic carbocycles. The number of imidazole rings is 1. The van der Waals surface area contributed by atoms with Crippen molar-refractivity contribution in [3.05, 3.63) is 12.4 Å². The first-order valence-corrected chi connectivity index (χ1v) is 5.37. The van der Waals surface area contributed by atoms with Crippen LogP contribution in [0.5, 0.6) is 0 Å². The molecule has 0 fully saturated rings. The molecule has 0 saturated carbocycles. The minimum Gasteiger partial charge on any atom is -0.382 e. The van der Waals surface area contributed by atoms with E-state index in [1.54, 1.807) is 7.11 Å². The summed E-state index contributed by atoms with van der Waals surface area (Å²) in [6.45, 7) is 8.00. The van der Waals surface area contributed by atoms with Crippen LogP contribution in [0.1, 0.15) is 27.2 Å². The highest BCUT2D eigenvalue weighted by Crippen LogP contribution is 2.13. The quantitative estimate of drug-likeness (QED) is 0.783. The van der Waals surface area contributed by atoms with Gasteiger partial charge in [-0.3, -0.25) is 0 Å². The van der Waals surface area contributed by atoms with Crippen LogP contribution in [-0.2, 0) is 11.3 Å². The number of anilines is 1. The zero-order valence-corrected chi connectivity index (χ0v) is 10.1. The van der Waals surface area contributed by atoms with Gasteiger partial charge in [0.15, 0.2) is 0 Å². The molecule has 0 aliphatic rings. The SMILES string of the molecule is CCCn1ccnc1NC(C)(C)COC. The first-order chi connectivity index (χ1) is 7.09. The van der Waals surface area contributed by atoms with Gasteiger partial charge in [0.1, 0.15) is 0 Å². The summed E-state index contributed by atoms with van der Waals surface area (Å²) in [4.78, 5) is 4.30. The fraction of sp³-hybridized carbons (Fsp3) is 0.727. The zero-order valence-electron chi connectivity index (χ0n) is 10.1. The Morgan fingerprint density at radius 3 is 2.87 bits per heavy atom. The van der Waals surface area contributed by atoms with Crippen LogP contribution in [0.4, 0.5) is 5.95 Å². The van der Waals surface area contributed by atoms with Crippen LogP contribution >= 0.6 is 0 Å². The summed E-state index contributed by atoms with van der Waals surface area (Å²) >= 11 is 0. The second-order valence-corrected chi connectivity index (χ2v) is 4.39. The third-order valence-electron chi connectivity index (χ3n) is 2.14. The van der Waals surface area contributed by atoms with Gasteiger partial charge in [0.2, 0.25) is 5.95 Å². The molecule has 0 saturated heterocycles. The molecule has 1 aromatic rings. The number of methoxy groups -OCH3 is 1. The van der Waals surface area contributed by atoms with Crippen LogP contribution in [0.2, 0.25) is 0 Å². The number of hydrogen-bond donors (Lipinski definition) is 1. The number of aryl methyl sites for hydroxylation is 1. The van der Waals surface area contributed by atoms with Gasteiger partial charge in [-0.1, -0.05) is 6.92 Å². The van der Waals surface area contributed by atoms with Crippen LogP contribution in [0.3, 0.4) is 0 Å². The lowest BCUT2D eigenvalue weighted by molar-refractivity contribution is 0.157. The molecule has 0 unspecified atom stereocenters. The molecule has 0 aliphatic carbocycles. The number of ether oxygens (including phenoxy) is 1. The lowest BCUT2D eigenvalue weighted by atomic mass is 10.1. The van der Waals surface area contributed by atoms with Gasteiger partial charge in [-0.05, 0) is 20.3 Å². The van der Waals surface area contributed by atoms with E-state index in [9.17, 15) is 0 Å². The molecule has 0 amide bonds. The molecule has 0 bridgehead atoms. The molecule has 86 valence electrons. The summed E-state index contributed by atoms with van der Waals surface area (Å²) in [6.07, 6.45) is 4.92. The molecule has 0 spiro atoms. The average Bonchev–Trinajstić information content (AvgIpc) is 2.52. The smallest absolute Gasteiger partial charge is 0.203 e. The molecular weight excluding hydrogens is 190 g/mol. The third kappa shape index (κ3) is 3.55. The summed E-state index contributed by atoms with van der Waals surface area (Å²) < 4.78 is 7.28. The van der Waals surface area contributed by atoms with E-state index in [0.717, 1.165) is 18.9 Å². The average molecular weight is 211 g/mol. The van der Waals surface area contributed by atoms with Crippen LogP contribution in [-0.4, -0.2) is 28.8 Å². The van der Waals surface area contributed by atoms with Gasteiger partial charge in [-0.15, -0.1) is 0 Å². The Morgan fingerprint density at radius 2 is 2.27 bits per heavy atom. The standard InChI is InChI=1S/C11H21N3O/c1-5-7-14-8-6-12-10(14)13-11(2,3)9-15-4/h6,8H,5,7,9H2,1-4H3,(H,12,13). The lowest BCUT2D eigenvalue weighted by Crippen LogP contribution is -2.37. The molecule has 0 radical (unpaired) electrons. The molecule has 0 aliphatic heterocycles. The number of rotatable bonds is 6. The summed E-state index contributed by atoms with van der Waals surface area (Å²) in [5, 5.41) is 3.38. The predicted octanol–water partition coefficient (Wildman–Crippen LogP) is 2.13. The van der Waals surface area contributed by atoms with Gasteiger partial charge in [0.05, 0.1) is 12.1 Å². The monoisotopic (exact) mass is 211 g/mol. The highest BCUT2D eigenvalue weighted by molar-refractivity contribution is 5.29. The van der Waals surface area contributed by atoms with Crippen molar-refractivity contribution in [1.82, 2.24) is 9.55 Å². The van der Waals surface area contributed by atoms with E-state index < -0.39 is 0 Å². The van der Waals surface area contributed by atoms with Gasteiger partial charge in [-0.2, -0.15) is 0 Å². The van der Waals surface area contributed by atoms with Crippen LogP contribution < -0.4 is 5.32 Å². The Balaban J connectivity index is 2.66. The minimum absolute atomic E-state index is 0.0917. The van der Waals surface area contributed by atoms with Crippen LogP contribution in [0.15, 0.2) is 12.4 Å². The fourth-order valence-electron chi connectivity index (χ4n) is 1.55. The van der Waals surface area contributed by atoms with Crippen molar-refractivity contribution in [3.8, 4) is 0 Å². The minimum atomic E-state index is -0.0917. The predicted molar refractivity (Wildman–Crippen MR) is 62.1 cm³/mol. The first kappa shape index (κ1) is 12.0. The second-order valence-electron chi connectivity index (χ2n) is 4.39. The van der Waals surface area contributed by atoms with E-state index in [2.05, 4.69) is 35.6 Å². The Labute approximate surface area is 91.7 Å². The summed E-state index contributed by atoms with van der Waals surface area (Å²) in [7, 11) is 1.71. The van der Waals surface area contributed by atoms with Gasteiger partial charge in [-0.25, -0.2) is 4.98 Å². The molecular formula is C11H21N3O. The topological polar surface area (TPSA) is 39.1 Å². The van der Waals surface area contributed by atoms with E-state index in [0.29, 0.717) is 6.61 Å². The normalized spacial score (nSPS) is 11.7. The van der Waals surface area contributed by atoms with Gasteiger partial charge >= 0.3 is 0 Å². The van der Waals surface area contributed by atoms with Gasteiger partial charge < -0.3 is 14.6 Å². The first-order valence-electron chi connectivity index (χ1n) is 5.37. The molecule has 0 atom stereocenters. The van der Waals surface area contributed by atoms with Gasteiger partial charge in [0, 0.05) is 26.0 Å². The molecule has 4 nitrogen and oxygen atoms in total. The Bertz CT molecular complexity index is 294. The van der Waals surface area contributed by atoms with E-state index in [1.807, 2.05) is 12.4 Å². The highest BCUT2D eigenvalue weighted by atomic mass is 16.5. The van der Waals surface area contributed by atoms with E-state index in [4.69, 9.17) is 4.74 Å². The highest BCUT2D eigenvalue weighted by Gasteiger charge is 2.19. The summed E-state index contributed by atoms with van der Waals surface area (Å²) in [6, 6.07) is 0. The molecule has 15 heavy (non-hydrogen) atoms. The molecule has 1 aromatic heterocycles. The van der Waals surface area contributed by atoms with E-state index in [1.165, 1.54) is 0 Å². The van der Waals surface area contributed by atoms with Crippen molar-refractivity contribution in [2.45, 2.75) is 39.3 Å². The van der Waals surface area contributed by atoms with Crippen molar-refractivity contribution in [2.75, 3.05) is 19.0 Å². The van der Waals surface area contributed by atoms with E-state index >= 15 is 0 Å². The molecule has 1 N–H and O–H groups in total. The maximum Gasteiger partial charge on any atom is 0.203 e. The maximum absolute atomic E-state index is 5.16. The zero-order chi connectivity index (χ0) is 11.3. The van der Waals surface area contributed by atoms with Crippen LogP contribution in [0, 0.1) is 0 Å². The number of hydrogen-bond acceptors (Lipinski definition) is 3. The Hall–Kier alpha value is -1.03. The number of nitrogens with one attached hydrogen (secondary N) is 1. The second kappa shape index (κ2) is 5.16. The van der Waals surface area contributed by atoms with Crippen molar-refractivity contribution in [3.63, 3.8) is 0 Å². The fourth-order valence-corrected chi connectivity index (χ4v) is 1.55. The molecule has 1 heterocycles. The third-order valence-corrected chi connectivity index (χ3v) is 2.14. The number of nitrogens with zero attached hydrogens (tertiary/aromatic N) is 2. The van der Waals surface area contributed by atoms with Crippen molar-refractivity contribution in [2.24, 2.45) is 0 Å². The van der Waals surface area contributed by atoms with E-state index in [-0.39, 0.29) is 5.54 Å². The van der Waals surface area contributed by atoms with Gasteiger partial charge in [0.25, 0.3) is 0 Å². The van der Waals surface area contributed by atoms with Crippen LogP contribution in [0.25, 0.3) is 0 Å². The largest absolute Gasteiger partial charge is 0.382 e. The summed E-state index contributed by atoms with van der Waals surface area (Å²) in [5.41, 5.74) is -0.0917. The molecule has 1 rings (SSSR count). The molecule has 4 heteroatoms. The Kier molecular flexibility index (Phi) is 4.15. The number of aromatic nitrogens is 2. The van der Waals surface area contributed by atoms with Crippen molar-refractivity contribution in [1.29, 1.82) is 0 Å². The summed E-state index contributed by atoms with van der Waals surface area (Å²) in [5.74, 6) is 0.916. The Morgan fingerprint density at radius 1 is 1.53 bits per heavy atom. The lowest BCUT2D eigenvalue weighted by Gasteiger charge is -2.26. The maximum atomic E-state index is 5.16.